The van der Waals surface area contributed by atoms with E-state index in [4.69, 9.17) is 0 Å². The van der Waals surface area contributed by atoms with Gasteiger partial charge in [-0.1, -0.05) is 54.6 Å². The Labute approximate surface area is 155 Å². The van der Waals surface area contributed by atoms with Gasteiger partial charge in [0, 0.05) is 22.4 Å². The molecule has 0 unspecified atom stereocenters. The summed E-state index contributed by atoms with van der Waals surface area (Å²) in [5, 5.41) is 4.24. The van der Waals surface area contributed by atoms with E-state index in [0.717, 1.165) is 0 Å². The molecule has 0 fully saturated rings. The van der Waals surface area contributed by atoms with Crippen LogP contribution in [0.1, 0.15) is 0 Å². The standard InChI is InChI=1S/C18H15IP.Ag/c19-20(16-10-4-1-5-11-16,17-12-6-2-7-13-17)18-14-8-3-9-15-18;/h1-15H;/q+1;. The predicted octanol–water partition coefficient (Wildman–Crippen LogP) is 4.33. The smallest absolute Gasteiger partial charge is 0.0620 e. The van der Waals surface area contributed by atoms with E-state index >= 15 is 0 Å². The topological polar surface area (TPSA) is 0 Å². The van der Waals surface area contributed by atoms with Gasteiger partial charge < -0.3 is 0 Å². The average Bonchev–Trinajstić information content (AvgIpc) is 2.56. The third kappa shape index (κ3) is 3.49. The Hall–Kier alpha value is -0.440. The Kier molecular flexibility index (Phi) is 6.21. The van der Waals surface area contributed by atoms with E-state index in [9.17, 15) is 0 Å². The quantitative estimate of drug-likeness (QED) is 0.288. The maximum Gasteiger partial charge on any atom is 0.173 e. The number of hydrogen-bond donors (Lipinski definition) is 0. The number of halogens is 1. The molecule has 3 aromatic rings. The molecule has 0 saturated carbocycles. The zero-order chi connectivity index (χ0) is 13.8. The minimum atomic E-state index is -1.56. The van der Waals surface area contributed by atoms with Crippen molar-refractivity contribution in [3.05, 3.63) is 91.0 Å². The van der Waals surface area contributed by atoms with Gasteiger partial charge in [0.15, 0.2) is 26.9 Å². The first-order chi connectivity index (χ1) is 9.82. The van der Waals surface area contributed by atoms with E-state index in [2.05, 4.69) is 113 Å². The summed E-state index contributed by atoms with van der Waals surface area (Å²) in [5.41, 5.74) is 0. The molecule has 109 valence electrons. The molecule has 21 heavy (non-hydrogen) atoms. The van der Waals surface area contributed by atoms with Crippen LogP contribution in [0.4, 0.5) is 0 Å². The van der Waals surface area contributed by atoms with Crippen LogP contribution in [0.3, 0.4) is 0 Å². The Morgan fingerprint density at radius 2 is 0.714 bits per heavy atom. The van der Waals surface area contributed by atoms with Crippen molar-refractivity contribution in [1.29, 1.82) is 0 Å². The SMILES string of the molecule is I[P+](c1ccccc1)(c1ccccc1)c1ccccc1.[Ag]. The van der Waals surface area contributed by atoms with Gasteiger partial charge in [0.2, 0.25) is 0 Å². The summed E-state index contributed by atoms with van der Waals surface area (Å²) in [7, 11) is 0. The summed E-state index contributed by atoms with van der Waals surface area (Å²) >= 11 is 2.68. The molecular formula is C18H15AgIP+. The third-order valence-corrected chi connectivity index (χ3v) is 11.4. The number of rotatable bonds is 3. The predicted molar refractivity (Wildman–Crippen MR) is 99.2 cm³/mol. The van der Waals surface area contributed by atoms with Gasteiger partial charge >= 0.3 is 0 Å². The molecule has 3 aromatic carbocycles. The monoisotopic (exact) mass is 496 g/mol. The summed E-state index contributed by atoms with van der Waals surface area (Å²) in [4.78, 5) is -1.56. The third-order valence-electron chi connectivity index (χ3n) is 3.34. The van der Waals surface area contributed by atoms with Crippen molar-refractivity contribution in [2.24, 2.45) is 0 Å². The van der Waals surface area contributed by atoms with Crippen LogP contribution >= 0.6 is 26.9 Å². The molecule has 3 rings (SSSR count). The normalized spacial score (nSPS) is 10.7. The van der Waals surface area contributed by atoms with Crippen molar-refractivity contribution < 1.29 is 22.4 Å². The molecule has 3 heteroatoms. The fourth-order valence-corrected chi connectivity index (χ4v) is 7.89. The van der Waals surface area contributed by atoms with Crippen LogP contribution in [0.25, 0.3) is 0 Å². The molecule has 0 saturated heterocycles. The first kappa shape index (κ1) is 16.9. The first-order valence-corrected chi connectivity index (χ1v) is 11.1. The van der Waals surface area contributed by atoms with Gasteiger partial charge in [0.05, 0.1) is 0 Å². The van der Waals surface area contributed by atoms with Crippen LogP contribution in [0.2, 0.25) is 0 Å². The van der Waals surface area contributed by atoms with Gasteiger partial charge in [0.25, 0.3) is 0 Å². The number of benzene rings is 3. The van der Waals surface area contributed by atoms with Gasteiger partial charge in [-0.25, -0.2) is 0 Å². The van der Waals surface area contributed by atoms with Crippen molar-refractivity contribution >= 4 is 42.9 Å². The maximum absolute atomic E-state index is 2.68. The zero-order valence-electron chi connectivity index (χ0n) is 11.3. The molecular weight excluding hydrogens is 482 g/mol. The largest absolute Gasteiger partial charge is 0.173 e. The van der Waals surface area contributed by atoms with Crippen LogP contribution < -0.4 is 15.9 Å². The van der Waals surface area contributed by atoms with Crippen molar-refractivity contribution in [2.75, 3.05) is 0 Å². The van der Waals surface area contributed by atoms with Gasteiger partial charge in [0.1, 0.15) is 15.9 Å². The van der Waals surface area contributed by atoms with Crippen molar-refractivity contribution in [1.82, 2.24) is 0 Å². The van der Waals surface area contributed by atoms with Crippen LogP contribution in [-0.2, 0) is 22.4 Å². The van der Waals surface area contributed by atoms with E-state index < -0.39 is 4.90 Å². The molecule has 0 aliphatic heterocycles. The van der Waals surface area contributed by atoms with Crippen molar-refractivity contribution in [3.63, 3.8) is 0 Å². The second-order valence-corrected chi connectivity index (χ2v) is 11.7. The summed E-state index contributed by atoms with van der Waals surface area (Å²) in [6, 6.07) is 32.6. The van der Waals surface area contributed by atoms with Crippen LogP contribution in [0.15, 0.2) is 91.0 Å². The molecule has 0 N–H and O–H groups in total. The first-order valence-electron chi connectivity index (χ1n) is 6.57. The maximum atomic E-state index is 2.68. The summed E-state index contributed by atoms with van der Waals surface area (Å²) in [6.45, 7) is 0. The van der Waals surface area contributed by atoms with E-state index in [-0.39, 0.29) is 22.4 Å². The van der Waals surface area contributed by atoms with Crippen LogP contribution in [0.5, 0.6) is 0 Å². The molecule has 1 radical (unpaired) electrons. The van der Waals surface area contributed by atoms with E-state index in [1.807, 2.05) is 0 Å². The zero-order valence-corrected chi connectivity index (χ0v) is 15.8. The molecule has 0 amide bonds. The summed E-state index contributed by atoms with van der Waals surface area (Å²) < 4.78 is 0. The van der Waals surface area contributed by atoms with Crippen molar-refractivity contribution in [2.45, 2.75) is 0 Å². The minimum absolute atomic E-state index is 0. The number of hydrogen-bond acceptors (Lipinski definition) is 0. The molecule has 0 spiro atoms. The molecule has 0 atom stereocenters. The van der Waals surface area contributed by atoms with Gasteiger partial charge in [-0.05, 0) is 36.4 Å². The Morgan fingerprint density at radius 3 is 0.952 bits per heavy atom. The van der Waals surface area contributed by atoms with E-state index in [0.29, 0.717) is 0 Å². The molecule has 0 heterocycles. The van der Waals surface area contributed by atoms with Crippen LogP contribution in [0, 0.1) is 0 Å². The molecule has 0 aliphatic rings. The molecule has 0 aromatic heterocycles. The minimum Gasteiger partial charge on any atom is -0.0620 e. The van der Waals surface area contributed by atoms with Crippen molar-refractivity contribution in [3.8, 4) is 0 Å². The summed E-state index contributed by atoms with van der Waals surface area (Å²) in [5.74, 6) is 0. The second kappa shape index (κ2) is 7.71. The molecule has 0 aliphatic carbocycles. The Balaban J connectivity index is 0.00000161. The fourth-order valence-electron chi connectivity index (χ4n) is 2.35. The molecule has 0 bridgehead atoms. The Bertz CT molecular complexity index is 575. The van der Waals surface area contributed by atoms with E-state index in [1.165, 1.54) is 15.9 Å². The summed E-state index contributed by atoms with van der Waals surface area (Å²) in [6.07, 6.45) is 0. The van der Waals surface area contributed by atoms with Crippen LogP contribution in [-0.4, -0.2) is 0 Å². The second-order valence-electron chi connectivity index (χ2n) is 4.60. The van der Waals surface area contributed by atoms with Gasteiger partial charge in [-0.2, -0.15) is 0 Å². The van der Waals surface area contributed by atoms with E-state index in [1.54, 1.807) is 0 Å². The molecule has 0 nitrogen and oxygen atoms in total. The Morgan fingerprint density at radius 1 is 0.476 bits per heavy atom. The fraction of sp³-hybridized carbons (Fsp3) is 0. The average molecular weight is 497 g/mol. The van der Waals surface area contributed by atoms with Gasteiger partial charge in [-0.15, -0.1) is 0 Å². The van der Waals surface area contributed by atoms with Gasteiger partial charge in [-0.3, -0.25) is 0 Å².